The van der Waals surface area contributed by atoms with Gasteiger partial charge in [0.05, 0.1) is 13.2 Å². The molecule has 3 rings (SSSR count). The van der Waals surface area contributed by atoms with E-state index in [-0.39, 0.29) is 5.54 Å². The quantitative estimate of drug-likeness (QED) is 0.783. The average molecular weight is 233 g/mol. The zero-order chi connectivity index (χ0) is 11.9. The van der Waals surface area contributed by atoms with Crippen LogP contribution in [0.3, 0.4) is 0 Å². The molecule has 0 spiro atoms. The standard InChI is InChI=1S/C14H19NO2/c15-14(6-2-1-3-7-14)13-11-9-17-8-10(11)4-5-12(13)16/h4-5,16H,1-3,6-9,15H2. The molecular weight excluding hydrogens is 214 g/mol. The van der Waals surface area contributed by atoms with E-state index in [2.05, 4.69) is 0 Å². The predicted octanol–water partition coefficient (Wildman–Crippen LogP) is 2.54. The van der Waals surface area contributed by atoms with Crippen LogP contribution in [0.5, 0.6) is 5.75 Å². The number of hydrogen-bond donors (Lipinski definition) is 2. The van der Waals surface area contributed by atoms with E-state index in [1.807, 2.05) is 6.07 Å². The van der Waals surface area contributed by atoms with Crippen molar-refractivity contribution >= 4 is 0 Å². The number of benzene rings is 1. The van der Waals surface area contributed by atoms with Crippen molar-refractivity contribution in [3.63, 3.8) is 0 Å². The minimum absolute atomic E-state index is 0.346. The Hall–Kier alpha value is -1.06. The van der Waals surface area contributed by atoms with E-state index in [4.69, 9.17) is 10.5 Å². The average Bonchev–Trinajstić information content (AvgIpc) is 2.77. The van der Waals surface area contributed by atoms with Gasteiger partial charge < -0.3 is 15.6 Å². The lowest BCUT2D eigenvalue weighted by molar-refractivity contribution is 0.133. The van der Waals surface area contributed by atoms with Crippen LogP contribution in [0.1, 0.15) is 48.8 Å². The monoisotopic (exact) mass is 233 g/mol. The van der Waals surface area contributed by atoms with Gasteiger partial charge in [0.1, 0.15) is 5.75 Å². The number of aromatic hydroxyl groups is 1. The highest BCUT2D eigenvalue weighted by atomic mass is 16.5. The third-order valence-electron chi connectivity index (χ3n) is 4.14. The smallest absolute Gasteiger partial charge is 0.121 e. The fourth-order valence-corrected chi connectivity index (χ4v) is 3.23. The second-order valence-corrected chi connectivity index (χ2v) is 5.31. The normalized spacial score (nSPS) is 22.4. The lowest BCUT2D eigenvalue weighted by Crippen LogP contribution is -2.39. The van der Waals surface area contributed by atoms with Gasteiger partial charge in [0.2, 0.25) is 0 Å². The zero-order valence-electron chi connectivity index (χ0n) is 10.0. The second kappa shape index (κ2) is 4.00. The van der Waals surface area contributed by atoms with Crippen LogP contribution in [-0.2, 0) is 23.5 Å². The number of fused-ring (bicyclic) bond motifs is 1. The minimum Gasteiger partial charge on any atom is -0.508 e. The van der Waals surface area contributed by atoms with Crippen molar-refractivity contribution in [2.45, 2.75) is 50.9 Å². The molecule has 3 nitrogen and oxygen atoms in total. The van der Waals surface area contributed by atoms with Crippen LogP contribution < -0.4 is 5.73 Å². The lowest BCUT2D eigenvalue weighted by atomic mass is 9.75. The summed E-state index contributed by atoms with van der Waals surface area (Å²) in [5.74, 6) is 0.346. The molecule has 1 heterocycles. The summed E-state index contributed by atoms with van der Waals surface area (Å²) >= 11 is 0. The highest BCUT2D eigenvalue weighted by molar-refractivity contribution is 5.49. The van der Waals surface area contributed by atoms with E-state index in [1.54, 1.807) is 6.07 Å². The number of rotatable bonds is 1. The third-order valence-corrected chi connectivity index (χ3v) is 4.14. The molecule has 1 aliphatic carbocycles. The van der Waals surface area contributed by atoms with Gasteiger partial charge in [-0.3, -0.25) is 0 Å². The molecule has 2 aliphatic rings. The summed E-state index contributed by atoms with van der Waals surface area (Å²) in [5, 5.41) is 10.2. The summed E-state index contributed by atoms with van der Waals surface area (Å²) in [4.78, 5) is 0. The van der Waals surface area contributed by atoms with E-state index in [1.165, 1.54) is 12.0 Å². The number of nitrogens with two attached hydrogens (primary N) is 1. The van der Waals surface area contributed by atoms with E-state index >= 15 is 0 Å². The molecule has 0 unspecified atom stereocenters. The Morgan fingerprint density at radius 2 is 1.88 bits per heavy atom. The van der Waals surface area contributed by atoms with Gasteiger partial charge in [-0.1, -0.05) is 25.3 Å². The molecule has 0 atom stereocenters. The van der Waals surface area contributed by atoms with Gasteiger partial charge in [-0.25, -0.2) is 0 Å². The lowest BCUT2D eigenvalue weighted by Gasteiger charge is -2.35. The van der Waals surface area contributed by atoms with Gasteiger partial charge in [0.25, 0.3) is 0 Å². The predicted molar refractivity (Wildman–Crippen MR) is 65.6 cm³/mol. The van der Waals surface area contributed by atoms with E-state index in [0.717, 1.165) is 36.8 Å². The molecule has 3 heteroatoms. The molecule has 92 valence electrons. The van der Waals surface area contributed by atoms with Crippen molar-refractivity contribution in [2.75, 3.05) is 0 Å². The van der Waals surface area contributed by atoms with Crippen molar-refractivity contribution in [1.82, 2.24) is 0 Å². The maximum atomic E-state index is 10.2. The van der Waals surface area contributed by atoms with Crippen LogP contribution >= 0.6 is 0 Å². The van der Waals surface area contributed by atoms with Crippen molar-refractivity contribution in [2.24, 2.45) is 5.73 Å². The molecule has 1 aliphatic heterocycles. The first kappa shape index (κ1) is 11.1. The highest BCUT2D eigenvalue weighted by Gasteiger charge is 2.35. The number of ether oxygens (including phenoxy) is 1. The van der Waals surface area contributed by atoms with E-state index in [0.29, 0.717) is 19.0 Å². The van der Waals surface area contributed by atoms with E-state index < -0.39 is 0 Å². The summed E-state index contributed by atoms with van der Waals surface area (Å²) in [6.45, 7) is 1.25. The van der Waals surface area contributed by atoms with Gasteiger partial charge >= 0.3 is 0 Å². The molecule has 0 bridgehead atoms. The Morgan fingerprint density at radius 3 is 2.65 bits per heavy atom. The van der Waals surface area contributed by atoms with Crippen LogP contribution in [0.4, 0.5) is 0 Å². The fourth-order valence-electron chi connectivity index (χ4n) is 3.23. The zero-order valence-corrected chi connectivity index (χ0v) is 10.0. The molecule has 3 N–H and O–H groups in total. The third kappa shape index (κ3) is 1.74. The molecular formula is C14H19NO2. The Kier molecular flexibility index (Phi) is 2.60. The maximum absolute atomic E-state index is 10.2. The van der Waals surface area contributed by atoms with Crippen LogP contribution in [0.2, 0.25) is 0 Å². The van der Waals surface area contributed by atoms with Crippen LogP contribution in [0, 0.1) is 0 Å². The summed E-state index contributed by atoms with van der Waals surface area (Å²) in [6.07, 6.45) is 5.50. The van der Waals surface area contributed by atoms with Gasteiger partial charge in [-0.15, -0.1) is 0 Å². The molecule has 0 aromatic heterocycles. The van der Waals surface area contributed by atoms with Gasteiger partial charge in [-0.2, -0.15) is 0 Å². The van der Waals surface area contributed by atoms with Crippen molar-refractivity contribution in [3.8, 4) is 5.75 Å². The Labute approximate surface area is 102 Å². The molecule has 0 saturated heterocycles. The van der Waals surface area contributed by atoms with Crippen LogP contribution in [0.15, 0.2) is 12.1 Å². The number of hydrogen-bond acceptors (Lipinski definition) is 3. The van der Waals surface area contributed by atoms with E-state index in [9.17, 15) is 5.11 Å². The first-order valence-electron chi connectivity index (χ1n) is 6.41. The van der Waals surface area contributed by atoms with Gasteiger partial charge in [0, 0.05) is 11.1 Å². The van der Waals surface area contributed by atoms with Crippen molar-refractivity contribution in [3.05, 3.63) is 28.8 Å². The number of phenols is 1. The molecule has 1 fully saturated rings. The molecule has 1 aromatic rings. The summed E-state index contributed by atoms with van der Waals surface area (Å²) in [7, 11) is 0. The summed E-state index contributed by atoms with van der Waals surface area (Å²) in [5.41, 5.74) is 9.47. The Balaban J connectivity index is 2.10. The Bertz CT molecular complexity index is 436. The summed E-state index contributed by atoms with van der Waals surface area (Å²) < 4.78 is 5.48. The summed E-state index contributed by atoms with van der Waals surface area (Å²) in [6, 6.07) is 3.72. The topological polar surface area (TPSA) is 55.5 Å². The molecule has 1 saturated carbocycles. The van der Waals surface area contributed by atoms with Gasteiger partial charge in [-0.05, 0) is 30.0 Å². The first-order valence-corrected chi connectivity index (χ1v) is 6.41. The molecule has 1 aromatic carbocycles. The second-order valence-electron chi connectivity index (χ2n) is 5.31. The first-order chi connectivity index (χ1) is 8.21. The van der Waals surface area contributed by atoms with Crippen molar-refractivity contribution in [1.29, 1.82) is 0 Å². The molecule has 0 radical (unpaired) electrons. The highest BCUT2D eigenvalue weighted by Crippen LogP contribution is 2.43. The number of phenolic OH excluding ortho intramolecular Hbond substituents is 1. The van der Waals surface area contributed by atoms with Gasteiger partial charge in [0.15, 0.2) is 0 Å². The minimum atomic E-state index is -0.346. The Morgan fingerprint density at radius 1 is 1.12 bits per heavy atom. The van der Waals surface area contributed by atoms with Crippen LogP contribution in [-0.4, -0.2) is 5.11 Å². The SMILES string of the molecule is NC1(c2c(O)ccc3c2COC3)CCCCC1. The largest absolute Gasteiger partial charge is 0.508 e. The maximum Gasteiger partial charge on any atom is 0.121 e. The van der Waals surface area contributed by atoms with Crippen LogP contribution in [0.25, 0.3) is 0 Å². The molecule has 17 heavy (non-hydrogen) atoms. The molecule has 0 amide bonds. The fraction of sp³-hybridized carbons (Fsp3) is 0.571. The van der Waals surface area contributed by atoms with Crippen molar-refractivity contribution < 1.29 is 9.84 Å².